The number of rotatable bonds is 9. The number of thiazole rings is 1. The van der Waals surface area contributed by atoms with Crippen LogP contribution in [-0.4, -0.2) is 23.5 Å². The van der Waals surface area contributed by atoms with Crippen molar-refractivity contribution >= 4 is 34.0 Å². The Kier molecular flexibility index (Phi) is 7.57. The predicted molar refractivity (Wildman–Crippen MR) is 117 cm³/mol. The van der Waals surface area contributed by atoms with Gasteiger partial charge in [0.25, 0.3) is 0 Å². The molecule has 1 amide bonds. The summed E-state index contributed by atoms with van der Waals surface area (Å²) in [7, 11) is 0. The maximum absolute atomic E-state index is 12.1. The van der Waals surface area contributed by atoms with Gasteiger partial charge in [-0.2, -0.15) is 0 Å². The molecule has 0 unspecified atom stereocenters. The first kappa shape index (κ1) is 21.5. The van der Waals surface area contributed by atoms with Crippen molar-refractivity contribution in [3.8, 4) is 5.75 Å². The zero-order valence-electron chi connectivity index (χ0n) is 17.0. The minimum absolute atomic E-state index is 0.0780. The third kappa shape index (κ3) is 6.15. The highest BCUT2D eigenvalue weighted by atomic mass is 32.1. The van der Waals surface area contributed by atoms with Gasteiger partial charge in [-0.1, -0.05) is 30.3 Å². The van der Waals surface area contributed by atoms with Crippen LogP contribution in [0.2, 0.25) is 0 Å². The molecule has 0 atom stereocenters. The smallest absolute Gasteiger partial charge is 0.306 e. The van der Waals surface area contributed by atoms with E-state index >= 15 is 0 Å². The molecule has 0 N–H and O–H groups in total. The minimum atomic E-state index is -0.302. The summed E-state index contributed by atoms with van der Waals surface area (Å²) in [4.78, 5) is 30.1. The quantitative estimate of drug-likeness (QED) is 0.356. The number of aryl methyl sites for hydroxylation is 1. The number of hydrogen-bond donors (Lipinski definition) is 0. The summed E-state index contributed by atoms with van der Waals surface area (Å²) in [6.07, 6.45) is 0.841. The van der Waals surface area contributed by atoms with E-state index in [1.807, 2.05) is 61.5 Å². The molecule has 7 heteroatoms. The summed E-state index contributed by atoms with van der Waals surface area (Å²) >= 11 is 1.34. The SMILES string of the molecule is CC(=O)N(c1ccccc1)c1nc(COC(=O)CCCOc2cccc(C)c2)cs1. The molecule has 3 rings (SSSR count). The summed E-state index contributed by atoms with van der Waals surface area (Å²) in [5.41, 5.74) is 2.49. The van der Waals surface area contributed by atoms with Crippen molar-refractivity contribution in [2.75, 3.05) is 11.5 Å². The number of amides is 1. The second-order valence-electron chi connectivity index (χ2n) is 6.74. The lowest BCUT2D eigenvalue weighted by Gasteiger charge is -2.17. The topological polar surface area (TPSA) is 68.7 Å². The van der Waals surface area contributed by atoms with Gasteiger partial charge in [-0.05, 0) is 43.2 Å². The van der Waals surface area contributed by atoms with E-state index in [1.54, 1.807) is 10.3 Å². The van der Waals surface area contributed by atoms with E-state index in [-0.39, 0.29) is 24.9 Å². The van der Waals surface area contributed by atoms with Crippen LogP contribution in [0.15, 0.2) is 60.0 Å². The molecular formula is C23H24N2O4S. The van der Waals surface area contributed by atoms with Crippen molar-refractivity contribution < 1.29 is 19.1 Å². The molecule has 0 aliphatic rings. The first-order chi connectivity index (χ1) is 14.5. The molecule has 2 aromatic carbocycles. The van der Waals surface area contributed by atoms with Crippen LogP contribution in [0, 0.1) is 6.92 Å². The van der Waals surface area contributed by atoms with E-state index < -0.39 is 0 Å². The number of nitrogens with zero attached hydrogens (tertiary/aromatic N) is 2. The third-order valence-corrected chi connectivity index (χ3v) is 5.10. The Bertz CT molecular complexity index is 988. The molecule has 1 heterocycles. The van der Waals surface area contributed by atoms with Gasteiger partial charge in [-0.25, -0.2) is 4.98 Å². The monoisotopic (exact) mass is 424 g/mol. The van der Waals surface area contributed by atoms with Crippen molar-refractivity contribution in [1.82, 2.24) is 4.98 Å². The van der Waals surface area contributed by atoms with E-state index in [2.05, 4.69) is 4.98 Å². The predicted octanol–water partition coefficient (Wildman–Crippen LogP) is 5.04. The fraction of sp³-hybridized carbons (Fsp3) is 0.261. The number of ether oxygens (including phenoxy) is 2. The van der Waals surface area contributed by atoms with Crippen LogP contribution in [0.5, 0.6) is 5.75 Å². The van der Waals surface area contributed by atoms with Crippen LogP contribution >= 0.6 is 11.3 Å². The first-order valence-electron chi connectivity index (χ1n) is 9.68. The van der Waals surface area contributed by atoms with Crippen LogP contribution in [-0.2, 0) is 20.9 Å². The number of carbonyl (C=O) groups excluding carboxylic acids is 2. The Morgan fingerprint density at radius 2 is 1.90 bits per heavy atom. The third-order valence-electron chi connectivity index (χ3n) is 4.22. The van der Waals surface area contributed by atoms with E-state index in [0.29, 0.717) is 23.9 Å². The van der Waals surface area contributed by atoms with Crippen molar-refractivity contribution in [1.29, 1.82) is 0 Å². The van der Waals surface area contributed by atoms with Crippen LogP contribution in [0.1, 0.15) is 31.0 Å². The molecule has 0 aliphatic heterocycles. The summed E-state index contributed by atoms with van der Waals surface area (Å²) < 4.78 is 10.9. The number of aromatic nitrogens is 1. The lowest BCUT2D eigenvalue weighted by atomic mass is 10.2. The van der Waals surface area contributed by atoms with Gasteiger partial charge in [-0.3, -0.25) is 14.5 Å². The molecule has 0 bridgehead atoms. The molecule has 0 saturated carbocycles. The van der Waals surface area contributed by atoms with Crippen molar-refractivity contribution in [2.45, 2.75) is 33.3 Å². The second-order valence-corrected chi connectivity index (χ2v) is 7.58. The molecule has 0 radical (unpaired) electrons. The normalized spacial score (nSPS) is 10.5. The standard InChI is InChI=1S/C23H24N2O4S/c1-17-8-6-11-21(14-17)28-13-7-12-22(27)29-15-19-16-30-23(24-19)25(18(2)26)20-9-4-3-5-10-20/h3-6,8-11,14,16H,7,12-13,15H2,1-2H3. The molecular weight excluding hydrogens is 400 g/mol. The molecule has 3 aromatic rings. The molecule has 156 valence electrons. The van der Waals surface area contributed by atoms with Gasteiger partial charge >= 0.3 is 5.97 Å². The Balaban J connectivity index is 1.45. The number of para-hydroxylation sites is 1. The highest BCUT2D eigenvalue weighted by molar-refractivity contribution is 7.14. The fourth-order valence-corrected chi connectivity index (χ4v) is 3.68. The van der Waals surface area contributed by atoms with Gasteiger partial charge in [-0.15, -0.1) is 11.3 Å². The molecule has 30 heavy (non-hydrogen) atoms. The molecule has 0 aliphatic carbocycles. The first-order valence-corrected chi connectivity index (χ1v) is 10.6. The Hall–Kier alpha value is -3.19. The molecule has 1 aromatic heterocycles. The fourth-order valence-electron chi connectivity index (χ4n) is 2.81. The number of hydrogen-bond acceptors (Lipinski definition) is 6. The molecule has 0 fully saturated rings. The second kappa shape index (κ2) is 10.5. The van der Waals surface area contributed by atoms with Gasteiger partial charge < -0.3 is 9.47 Å². The van der Waals surface area contributed by atoms with E-state index in [9.17, 15) is 9.59 Å². The van der Waals surface area contributed by atoms with E-state index in [1.165, 1.54) is 18.3 Å². The molecule has 0 saturated heterocycles. The Morgan fingerprint density at radius 3 is 2.63 bits per heavy atom. The largest absolute Gasteiger partial charge is 0.494 e. The maximum atomic E-state index is 12.1. The summed E-state index contributed by atoms with van der Waals surface area (Å²) in [6, 6.07) is 17.1. The Labute approximate surface area is 180 Å². The lowest BCUT2D eigenvalue weighted by molar-refractivity contribution is -0.145. The Morgan fingerprint density at radius 1 is 1.10 bits per heavy atom. The van der Waals surface area contributed by atoms with E-state index in [4.69, 9.17) is 9.47 Å². The summed E-state index contributed by atoms with van der Waals surface area (Å²) in [6.45, 7) is 4.02. The maximum Gasteiger partial charge on any atom is 0.306 e. The number of benzene rings is 2. The van der Waals surface area contributed by atoms with Gasteiger partial charge in [0, 0.05) is 18.7 Å². The highest BCUT2D eigenvalue weighted by Gasteiger charge is 2.18. The van der Waals surface area contributed by atoms with Gasteiger partial charge in [0.05, 0.1) is 18.0 Å². The molecule has 6 nitrogen and oxygen atoms in total. The van der Waals surface area contributed by atoms with Crippen molar-refractivity contribution in [3.63, 3.8) is 0 Å². The zero-order valence-corrected chi connectivity index (χ0v) is 17.9. The van der Waals surface area contributed by atoms with Crippen LogP contribution in [0.4, 0.5) is 10.8 Å². The van der Waals surface area contributed by atoms with E-state index in [0.717, 1.165) is 17.0 Å². The van der Waals surface area contributed by atoms with Crippen LogP contribution in [0.25, 0.3) is 0 Å². The summed E-state index contributed by atoms with van der Waals surface area (Å²) in [5, 5.41) is 2.34. The molecule has 0 spiro atoms. The highest BCUT2D eigenvalue weighted by Crippen LogP contribution is 2.28. The number of carbonyl (C=O) groups is 2. The average molecular weight is 425 g/mol. The van der Waals surface area contributed by atoms with Gasteiger partial charge in [0.15, 0.2) is 5.13 Å². The van der Waals surface area contributed by atoms with Gasteiger partial charge in [0.1, 0.15) is 12.4 Å². The lowest BCUT2D eigenvalue weighted by Crippen LogP contribution is -2.22. The minimum Gasteiger partial charge on any atom is -0.494 e. The number of anilines is 2. The van der Waals surface area contributed by atoms with Crippen molar-refractivity contribution in [3.05, 3.63) is 71.2 Å². The average Bonchev–Trinajstić information content (AvgIpc) is 3.19. The van der Waals surface area contributed by atoms with Gasteiger partial charge in [0.2, 0.25) is 5.91 Å². The summed E-state index contributed by atoms with van der Waals surface area (Å²) in [5.74, 6) is 0.364. The van der Waals surface area contributed by atoms with Crippen molar-refractivity contribution in [2.24, 2.45) is 0 Å². The number of esters is 1. The van der Waals surface area contributed by atoms with Crippen LogP contribution < -0.4 is 9.64 Å². The van der Waals surface area contributed by atoms with Crippen LogP contribution in [0.3, 0.4) is 0 Å². The zero-order chi connectivity index (χ0) is 21.3.